The first-order chi connectivity index (χ1) is 21.5. The van der Waals surface area contributed by atoms with Gasteiger partial charge in [0, 0.05) is 69.2 Å². The van der Waals surface area contributed by atoms with Gasteiger partial charge in [0.25, 0.3) is 5.91 Å². The maximum absolute atomic E-state index is 12.7. The first kappa shape index (κ1) is 32.1. The van der Waals surface area contributed by atoms with E-state index in [1.165, 1.54) is 11.2 Å². The quantitative estimate of drug-likeness (QED) is 0.231. The molecule has 1 amide bonds. The van der Waals surface area contributed by atoms with Crippen LogP contribution in [0, 0.1) is 5.92 Å². The fraction of sp³-hybridized carbons (Fsp3) is 0.424. The van der Waals surface area contributed by atoms with E-state index < -0.39 is 12.7 Å². The highest BCUT2D eigenvalue weighted by molar-refractivity contribution is 6.06. The zero-order valence-corrected chi connectivity index (χ0v) is 26.0. The van der Waals surface area contributed by atoms with Crippen LogP contribution >= 0.6 is 0 Å². The van der Waals surface area contributed by atoms with Crippen LogP contribution in [0.3, 0.4) is 0 Å². The van der Waals surface area contributed by atoms with Gasteiger partial charge in [-0.1, -0.05) is 32.0 Å². The van der Waals surface area contributed by atoms with Crippen molar-refractivity contribution < 1.29 is 18.0 Å². The molecule has 4 aromatic rings. The third-order valence-electron chi connectivity index (χ3n) is 8.80. The maximum atomic E-state index is 12.7. The summed E-state index contributed by atoms with van der Waals surface area (Å²) in [5.41, 5.74) is 4.09. The summed E-state index contributed by atoms with van der Waals surface area (Å²) < 4.78 is 38.2. The van der Waals surface area contributed by atoms with Crippen LogP contribution in [0.2, 0.25) is 0 Å². The van der Waals surface area contributed by atoms with Gasteiger partial charge in [0.15, 0.2) is 0 Å². The van der Waals surface area contributed by atoms with Crippen molar-refractivity contribution in [3.8, 4) is 11.3 Å². The topological polar surface area (TPSA) is 99.2 Å². The van der Waals surface area contributed by atoms with Crippen LogP contribution in [0.15, 0.2) is 61.2 Å². The molecule has 1 aliphatic rings. The van der Waals surface area contributed by atoms with E-state index in [9.17, 15) is 18.0 Å². The molecule has 5 rings (SSSR count). The summed E-state index contributed by atoms with van der Waals surface area (Å²) in [6.45, 7) is 4.97. The summed E-state index contributed by atoms with van der Waals surface area (Å²) in [5, 5.41) is 6.98. The van der Waals surface area contributed by atoms with Gasteiger partial charge >= 0.3 is 6.18 Å². The number of likely N-dealkylation sites (tertiary alicyclic amines) is 1. The van der Waals surface area contributed by atoms with E-state index in [0.717, 1.165) is 33.5 Å². The van der Waals surface area contributed by atoms with Gasteiger partial charge in [-0.3, -0.25) is 14.7 Å². The number of hydrogen-bond acceptors (Lipinski definition) is 8. The zero-order chi connectivity index (χ0) is 32.1. The number of benzene rings is 1. The van der Waals surface area contributed by atoms with E-state index in [4.69, 9.17) is 0 Å². The highest BCUT2D eigenvalue weighted by Gasteiger charge is 2.33. The summed E-state index contributed by atoms with van der Waals surface area (Å²) in [7, 11) is 3.56. The SMILES string of the molecule is CNC(=O)c1ccnc2c(C(C)[C@H](C)CNc3cc(-c4ccc(N(C)C5CCN(CC(F)(F)F)CC5)nc4)ncn3)cccc12. The van der Waals surface area contributed by atoms with Crippen molar-refractivity contribution in [3.63, 3.8) is 0 Å². The lowest BCUT2D eigenvalue weighted by Crippen LogP contribution is -2.46. The Bertz CT molecular complexity index is 1610. The van der Waals surface area contributed by atoms with E-state index in [2.05, 4.69) is 55.4 Å². The molecule has 1 unspecified atom stereocenters. The lowest BCUT2D eigenvalue weighted by Gasteiger charge is -2.37. The minimum atomic E-state index is -4.17. The number of alkyl halides is 3. The van der Waals surface area contributed by atoms with Gasteiger partial charge in [0.1, 0.15) is 18.0 Å². The van der Waals surface area contributed by atoms with Gasteiger partial charge < -0.3 is 15.5 Å². The molecule has 1 saturated heterocycles. The molecule has 2 N–H and O–H groups in total. The number of anilines is 2. The Hall–Kier alpha value is -4.32. The Morgan fingerprint density at radius 1 is 1.07 bits per heavy atom. The van der Waals surface area contributed by atoms with Crippen LogP contribution < -0.4 is 15.5 Å². The number of piperidine rings is 1. The van der Waals surface area contributed by atoms with Gasteiger partial charge in [-0.15, -0.1) is 0 Å². The van der Waals surface area contributed by atoms with Crippen molar-refractivity contribution >= 4 is 28.4 Å². The zero-order valence-electron chi connectivity index (χ0n) is 26.0. The molecule has 3 aromatic heterocycles. The van der Waals surface area contributed by atoms with Gasteiger partial charge in [-0.05, 0) is 48.4 Å². The van der Waals surface area contributed by atoms with Crippen LogP contribution in [0.5, 0.6) is 0 Å². The summed E-state index contributed by atoms with van der Waals surface area (Å²) in [5.74, 6) is 1.70. The number of aromatic nitrogens is 4. The molecule has 0 aliphatic carbocycles. The fourth-order valence-corrected chi connectivity index (χ4v) is 5.91. The highest BCUT2D eigenvalue weighted by atomic mass is 19.4. The number of para-hydroxylation sites is 1. The molecule has 1 fully saturated rings. The monoisotopic (exact) mass is 620 g/mol. The van der Waals surface area contributed by atoms with Crippen molar-refractivity contribution in [1.29, 1.82) is 0 Å². The van der Waals surface area contributed by atoms with E-state index in [1.807, 2.05) is 37.4 Å². The second-order valence-electron chi connectivity index (χ2n) is 11.8. The Labute approximate surface area is 261 Å². The number of rotatable bonds is 10. The maximum Gasteiger partial charge on any atom is 0.401 e. The fourth-order valence-electron chi connectivity index (χ4n) is 5.91. The predicted molar refractivity (Wildman–Crippen MR) is 170 cm³/mol. The summed E-state index contributed by atoms with van der Waals surface area (Å²) in [4.78, 5) is 34.0. The molecule has 2 atom stereocenters. The van der Waals surface area contributed by atoms with Crippen LogP contribution in [-0.2, 0) is 0 Å². The Morgan fingerprint density at radius 3 is 2.53 bits per heavy atom. The second kappa shape index (κ2) is 13.8. The standard InChI is InChI=1S/C33H39F3N8O/c1-21(22(2)25-6-5-7-26-27(32(45)37-3)10-13-38-31(25)26)17-39-29-16-28(41-20-42-29)23-8-9-30(40-18-23)43(4)24-11-14-44(15-12-24)19-33(34,35)36/h5-10,13,16,18,20-22,24H,11-12,14-15,17,19H2,1-4H3,(H,37,45)(H,39,41,42)/t21-,22?/m1/s1. The number of hydrogen-bond donors (Lipinski definition) is 2. The molecule has 4 heterocycles. The van der Waals surface area contributed by atoms with E-state index >= 15 is 0 Å². The van der Waals surface area contributed by atoms with E-state index in [-0.39, 0.29) is 23.8 Å². The van der Waals surface area contributed by atoms with Gasteiger partial charge in [0.2, 0.25) is 0 Å². The predicted octanol–water partition coefficient (Wildman–Crippen LogP) is 5.76. The average Bonchev–Trinajstić information content (AvgIpc) is 3.05. The van der Waals surface area contributed by atoms with Crippen molar-refractivity contribution in [2.45, 2.75) is 44.8 Å². The molecule has 0 bridgehead atoms. The minimum absolute atomic E-state index is 0.134. The molecule has 1 aliphatic heterocycles. The van der Waals surface area contributed by atoms with Crippen LogP contribution in [0.1, 0.15) is 48.5 Å². The molecule has 45 heavy (non-hydrogen) atoms. The van der Waals surface area contributed by atoms with Gasteiger partial charge in [-0.2, -0.15) is 13.2 Å². The number of carbonyl (C=O) groups excluding carboxylic acids is 1. The third-order valence-corrected chi connectivity index (χ3v) is 8.80. The second-order valence-corrected chi connectivity index (χ2v) is 11.8. The van der Waals surface area contributed by atoms with Crippen LogP contribution in [0.25, 0.3) is 22.2 Å². The number of carbonyl (C=O) groups is 1. The van der Waals surface area contributed by atoms with E-state index in [1.54, 1.807) is 25.5 Å². The number of nitrogens with zero attached hydrogens (tertiary/aromatic N) is 6. The first-order valence-corrected chi connectivity index (χ1v) is 15.2. The average molecular weight is 621 g/mol. The summed E-state index contributed by atoms with van der Waals surface area (Å²) in [6, 6.07) is 13.6. The van der Waals surface area contributed by atoms with Crippen molar-refractivity contribution in [2.75, 3.05) is 50.5 Å². The molecular formula is C33H39F3N8O. The minimum Gasteiger partial charge on any atom is -0.370 e. The third kappa shape index (κ3) is 7.67. The molecule has 0 saturated carbocycles. The highest BCUT2D eigenvalue weighted by Crippen LogP contribution is 2.31. The lowest BCUT2D eigenvalue weighted by molar-refractivity contribution is -0.147. The Balaban J connectivity index is 1.20. The van der Waals surface area contributed by atoms with Crippen molar-refractivity contribution in [2.24, 2.45) is 5.92 Å². The number of amides is 1. The number of fused-ring (bicyclic) bond motifs is 1. The van der Waals surface area contributed by atoms with Crippen molar-refractivity contribution in [1.82, 2.24) is 30.2 Å². The van der Waals surface area contributed by atoms with E-state index in [0.29, 0.717) is 43.9 Å². The number of halogens is 3. The molecule has 238 valence electrons. The molecule has 0 radical (unpaired) electrons. The van der Waals surface area contributed by atoms with Gasteiger partial charge in [-0.25, -0.2) is 15.0 Å². The first-order valence-electron chi connectivity index (χ1n) is 15.2. The molecule has 1 aromatic carbocycles. The Morgan fingerprint density at radius 2 is 1.84 bits per heavy atom. The lowest BCUT2D eigenvalue weighted by atomic mass is 9.87. The van der Waals surface area contributed by atoms with Gasteiger partial charge in [0.05, 0.1) is 23.3 Å². The summed E-state index contributed by atoms with van der Waals surface area (Å²) >= 11 is 0. The molecule has 9 nitrogen and oxygen atoms in total. The largest absolute Gasteiger partial charge is 0.401 e. The number of nitrogens with one attached hydrogen (secondary N) is 2. The molecular weight excluding hydrogens is 581 g/mol. The number of pyridine rings is 2. The van der Waals surface area contributed by atoms with Crippen LogP contribution in [0.4, 0.5) is 24.8 Å². The molecule has 12 heteroatoms. The smallest absolute Gasteiger partial charge is 0.370 e. The van der Waals surface area contributed by atoms with Crippen LogP contribution in [-0.4, -0.2) is 83.2 Å². The normalized spacial score (nSPS) is 15.9. The Kier molecular flexibility index (Phi) is 9.81. The summed E-state index contributed by atoms with van der Waals surface area (Å²) in [6.07, 6.45) is 2.11. The molecule has 0 spiro atoms. The van der Waals surface area contributed by atoms with Crippen molar-refractivity contribution in [3.05, 3.63) is 72.3 Å².